The first-order valence-corrected chi connectivity index (χ1v) is 21.4. The number of aliphatic hydroxyl groups is 2. The van der Waals surface area contributed by atoms with E-state index in [4.69, 9.17) is 21.2 Å². The molecular weight excluding hydrogens is 812 g/mol. The van der Waals surface area contributed by atoms with Crippen LogP contribution in [0.5, 0.6) is 0 Å². The van der Waals surface area contributed by atoms with Crippen molar-refractivity contribution in [2.75, 3.05) is 51.0 Å². The molecule has 0 radical (unpaired) electrons. The van der Waals surface area contributed by atoms with Crippen LogP contribution in [0.4, 0.5) is 25.1 Å². The lowest BCUT2D eigenvalue weighted by atomic mass is 9.99. The first-order valence-electron chi connectivity index (χ1n) is 21.4. The Morgan fingerprint density at radius 1 is 0.825 bits per heavy atom. The van der Waals surface area contributed by atoms with Gasteiger partial charge >= 0.3 is 5.95 Å². The number of pyridine rings is 2. The summed E-state index contributed by atoms with van der Waals surface area (Å²) in [5, 5.41) is 22.9. The van der Waals surface area contributed by atoms with Crippen molar-refractivity contribution in [2.45, 2.75) is 75.3 Å². The van der Waals surface area contributed by atoms with Crippen molar-refractivity contribution in [3.63, 3.8) is 0 Å². The quantitative estimate of drug-likeness (QED) is 0.117. The number of alkyl halides is 1. The summed E-state index contributed by atoms with van der Waals surface area (Å²) >= 11 is 0. The third-order valence-electron chi connectivity index (χ3n) is 13.1. The van der Waals surface area contributed by atoms with E-state index in [0.717, 1.165) is 24.6 Å². The van der Waals surface area contributed by atoms with Gasteiger partial charge in [0.1, 0.15) is 35.6 Å². The molecule has 17 heteroatoms. The Labute approximate surface area is 361 Å². The fourth-order valence-electron chi connectivity index (χ4n) is 9.03. The van der Waals surface area contributed by atoms with E-state index in [2.05, 4.69) is 55.4 Å². The summed E-state index contributed by atoms with van der Waals surface area (Å²) in [6, 6.07) is 2.95. The van der Waals surface area contributed by atoms with Gasteiger partial charge in [-0.25, -0.2) is 33.3 Å². The Morgan fingerprint density at radius 2 is 1.44 bits per heavy atom. The molecule has 2 saturated carbocycles. The zero-order chi connectivity index (χ0) is 43.8. The molecule has 0 bridgehead atoms. The summed E-state index contributed by atoms with van der Waals surface area (Å²) in [7, 11) is 0. The zero-order valence-corrected chi connectivity index (χ0v) is 34.9. The number of nitrogen functional groups attached to an aromatic ring is 2. The standard InChI is InChI=1S/C46H46F3N11O3/c1-3-57-18-30(58-20-35(41-37(48)15-54-43(50)55-41)33-12-28(52-16-39(33)58)8-10-45(2,61)26-4-5-26)14-31(19-57)60-22-38(49)42(56-44(60)51)36-21-59(32-23-63-24-32)40-17-53-29(13-34(36)40)9-11-46(62,25-47)27-6-7-27/h12-13,15-17,20-22,26-27,30-32,51,61-62H,3-7,14,18-19,23-25H2,1-2H3,(H2,50,54,55)/p+1. The summed E-state index contributed by atoms with van der Waals surface area (Å²) in [5.41, 5.74) is 13.0. The molecule has 4 aliphatic rings. The zero-order valence-electron chi connectivity index (χ0n) is 34.9. The first-order chi connectivity index (χ1) is 30.3. The SMILES string of the molecule is CCN1CC(n2cc(-c3nc(N)ncc3F)c3cc(C#CC(C)(O)C4CC4)ncc32)CC([n+]2cc(F)c(-c3cn(C4COC4)c4cnc(C#CC(O)(CF)C5CC5)cc34)nc2N)C1. The number of ether oxygens (including phenoxy) is 1. The maximum absolute atomic E-state index is 16.7. The van der Waals surface area contributed by atoms with Crippen LogP contribution < -0.4 is 16.0 Å². The fraction of sp³-hybridized carbons (Fsp3) is 0.435. The van der Waals surface area contributed by atoms with Gasteiger partial charge in [0.25, 0.3) is 0 Å². The number of halogens is 3. The highest BCUT2D eigenvalue weighted by molar-refractivity contribution is 5.96. The molecule has 4 fully saturated rings. The number of hydrogen-bond donors (Lipinski definition) is 4. The molecule has 6 aromatic heterocycles. The molecule has 14 nitrogen and oxygen atoms in total. The van der Waals surface area contributed by atoms with E-state index in [1.807, 2.05) is 21.5 Å². The lowest BCUT2D eigenvalue weighted by Crippen LogP contribution is -2.53. The van der Waals surface area contributed by atoms with Crippen molar-refractivity contribution in [3.8, 4) is 46.2 Å². The van der Waals surface area contributed by atoms with Crippen molar-refractivity contribution >= 4 is 33.7 Å². The van der Waals surface area contributed by atoms with Crippen LogP contribution in [0, 0.1) is 47.2 Å². The minimum Gasteiger partial charge on any atom is -0.378 e. The van der Waals surface area contributed by atoms with Gasteiger partial charge in [-0.2, -0.15) is 4.39 Å². The van der Waals surface area contributed by atoms with E-state index in [0.29, 0.717) is 90.9 Å². The van der Waals surface area contributed by atoms with Crippen molar-refractivity contribution in [1.82, 2.24) is 39.0 Å². The molecule has 324 valence electrons. The number of nitrogens with zero attached hydrogens (tertiary/aromatic N) is 9. The van der Waals surface area contributed by atoms with Gasteiger partial charge in [-0.15, -0.1) is 0 Å². The Balaban J connectivity index is 1.01. The predicted molar refractivity (Wildman–Crippen MR) is 228 cm³/mol. The number of aromatic nitrogens is 8. The van der Waals surface area contributed by atoms with Gasteiger partial charge in [0.2, 0.25) is 5.95 Å². The normalized spacial score (nSPS) is 21.3. The minimum atomic E-state index is -1.73. The number of hydrogen-bond acceptors (Lipinski definition) is 11. The van der Waals surface area contributed by atoms with E-state index in [1.54, 1.807) is 36.0 Å². The van der Waals surface area contributed by atoms with Crippen molar-refractivity contribution < 1.29 is 32.7 Å². The van der Waals surface area contributed by atoms with Gasteiger partial charge in [-0.3, -0.25) is 10.6 Å². The van der Waals surface area contributed by atoms with Gasteiger partial charge in [-0.1, -0.05) is 23.7 Å². The molecule has 8 heterocycles. The fourth-order valence-corrected chi connectivity index (χ4v) is 9.03. The van der Waals surface area contributed by atoms with Crippen LogP contribution in [0.1, 0.15) is 75.5 Å². The Bertz CT molecular complexity index is 2920. The predicted octanol–water partition coefficient (Wildman–Crippen LogP) is 4.69. The summed E-state index contributed by atoms with van der Waals surface area (Å²) in [6.07, 6.45) is 13.2. The number of nitrogens with two attached hydrogens (primary N) is 2. The molecule has 4 unspecified atom stereocenters. The van der Waals surface area contributed by atoms with Crippen LogP contribution >= 0.6 is 0 Å². The summed E-state index contributed by atoms with van der Waals surface area (Å²) in [5.74, 6) is 10.3. The van der Waals surface area contributed by atoms with Crippen LogP contribution in [-0.2, 0) is 4.74 Å². The Hall–Kier alpha value is -6.11. The van der Waals surface area contributed by atoms with Gasteiger partial charge in [0, 0.05) is 65.8 Å². The van der Waals surface area contributed by atoms with Crippen LogP contribution in [-0.4, -0.2) is 99.9 Å². The number of likely N-dealkylation sites (tertiary alicyclic amines) is 1. The highest BCUT2D eigenvalue weighted by Crippen LogP contribution is 2.42. The number of rotatable bonds is 9. The van der Waals surface area contributed by atoms with E-state index in [-0.39, 0.29) is 53.2 Å². The highest BCUT2D eigenvalue weighted by Gasteiger charge is 2.43. The van der Waals surface area contributed by atoms with E-state index in [1.165, 1.54) is 6.20 Å². The summed E-state index contributed by atoms with van der Waals surface area (Å²) < 4.78 is 57.3. The minimum absolute atomic E-state index is 0.00611. The molecule has 6 N–H and O–H groups in total. The average molecular weight is 859 g/mol. The molecular formula is C46H47F3N11O3+. The van der Waals surface area contributed by atoms with Gasteiger partial charge in [-0.05, 0) is 69.0 Å². The second-order valence-corrected chi connectivity index (χ2v) is 17.5. The van der Waals surface area contributed by atoms with Crippen molar-refractivity contribution in [3.05, 3.63) is 72.3 Å². The number of likely N-dealkylation sites (N-methyl/N-ethyl adjacent to an activating group) is 1. The van der Waals surface area contributed by atoms with Crippen molar-refractivity contribution in [1.29, 1.82) is 0 Å². The smallest absolute Gasteiger partial charge is 0.378 e. The second kappa shape index (κ2) is 15.6. The second-order valence-electron chi connectivity index (χ2n) is 17.5. The Kier molecular flexibility index (Phi) is 10.1. The largest absolute Gasteiger partial charge is 0.390 e. The average Bonchev–Trinajstić information content (AvgIpc) is 4.21. The molecule has 6 aromatic rings. The summed E-state index contributed by atoms with van der Waals surface area (Å²) in [6.45, 7) is 5.62. The lowest BCUT2D eigenvalue weighted by molar-refractivity contribution is -0.715. The van der Waals surface area contributed by atoms with E-state index < -0.39 is 29.5 Å². The molecule has 2 saturated heterocycles. The molecule has 10 rings (SSSR count). The van der Waals surface area contributed by atoms with Crippen molar-refractivity contribution in [2.24, 2.45) is 11.8 Å². The van der Waals surface area contributed by atoms with Crippen LogP contribution in [0.2, 0.25) is 0 Å². The molecule has 0 amide bonds. The third-order valence-corrected chi connectivity index (χ3v) is 13.1. The molecule has 0 aromatic carbocycles. The molecule has 2 aliphatic heterocycles. The molecule has 2 aliphatic carbocycles. The Morgan fingerprint density at radius 3 is 2.03 bits per heavy atom. The maximum atomic E-state index is 16.7. The van der Waals surface area contributed by atoms with Gasteiger partial charge < -0.3 is 29.8 Å². The molecule has 4 atom stereocenters. The lowest BCUT2D eigenvalue weighted by Gasteiger charge is -2.37. The number of piperidine rings is 1. The molecule has 63 heavy (non-hydrogen) atoms. The van der Waals surface area contributed by atoms with E-state index >= 15 is 8.78 Å². The van der Waals surface area contributed by atoms with Crippen LogP contribution in [0.15, 0.2) is 49.3 Å². The van der Waals surface area contributed by atoms with Gasteiger partial charge in [0.15, 0.2) is 22.9 Å². The topological polar surface area (TPSA) is 183 Å². The number of anilines is 2. The molecule has 0 spiro atoms. The third kappa shape index (κ3) is 7.63. The van der Waals surface area contributed by atoms with Crippen LogP contribution in [0.3, 0.4) is 0 Å². The monoisotopic (exact) mass is 858 g/mol. The van der Waals surface area contributed by atoms with Crippen LogP contribution in [0.25, 0.3) is 44.3 Å². The van der Waals surface area contributed by atoms with E-state index in [9.17, 15) is 14.6 Å². The maximum Gasteiger partial charge on any atom is 0.390 e. The highest BCUT2D eigenvalue weighted by atomic mass is 19.1. The summed E-state index contributed by atoms with van der Waals surface area (Å²) in [4.78, 5) is 24.2. The first kappa shape index (κ1) is 40.9. The van der Waals surface area contributed by atoms with Gasteiger partial charge in [0.05, 0.1) is 54.9 Å². The number of fused-ring (bicyclic) bond motifs is 2.